The predicted molar refractivity (Wildman–Crippen MR) is 84.3 cm³/mol. The Hall–Kier alpha value is -1.55. The highest BCUT2D eigenvalue weighted by Crippen LogP contribution is 2.29. The molecule has 1 aliphatic carbocycles. The summed E-state index contributed by atoms with van der Waals surface area (Å²) in [6.45, 7) is 4.00. The van der Waals surface area contributed by atoms with Crippen LogP contribution in [0.4, 0.5) is 0 Å². The average Bonchev–Trinajstić information content (AvgIpc) is 2.47. The molecule has 1 aromatic rings. The summed E-state index contributed by atoms with van der Waals surface area (Å²) < 4.78 is 5.39. The number of nitrogens with one attached hydrogen (secondary N) is 1. The van der Waals surface area contributed by atoms with Gasteiger partial charge in [-0.1, -0.05) is 37.0 Å². The first-order chi connectivity index (χ1) is 9.96. The van der Waals surface area contributed by atoms with Gasteiger partial charge in [0.25, 0.3) is 0 Å². The van der Waals surface area contributed by atoms with Gasteiger partial charge in [-0.2, -0.15) is 0 Å². The van der Waals surface area contributed by atoms with Crippen LogP contribution >= 0.6 is 0 Å². The molecule has 0 radical (unpaired) electrons. The van der Waals surface area contributed by atoms with Crippen molar-refractivity contribution in [1.82, 2.24) is 5.32 Å². The molecule has 1 saturated carbocycles. The Labute approximate surface area is 127 Å². The van der Waals surface area contributed by atoms with Crippen LogP contribution in [-0.2, 0) is 4.79 Å². The van der Waals surface area contributed by atoms with Gasteiger partial charge in [0.1, 0.15) is 5.75 Å². The molecule has 1 unspecified atom stereocenters. The molecule has 21 heavy (non-hydrogen) atoms. The highest BCUT2D eigenvalue weighted by molar-refractivity contribution is 5.86. The van der Waals surface area contributed by atoms with Crippen molar-refractivity contribution in [3.63, 3.8) is 0 Å². The van der Waals surface area contributed by atoms with E-state index in [9.17, 15) is 4.79 Å². The maximum Gasteiger partial charge on any atom is 0.240 e. The molecule has 1 fully saturated rings. The van der Waals surface area contributed by atoms with Crippen molar-refractivity contribution >= 4 is 5.91 Å². The monoisotopic (exact) mass is 290 g/mol. The Morgan fingerprint density at radius 2 is 2.00 bits per heavy atom. The lowest BCUT2D eigenvalue weighted by Gasteiger charge is -2.33. The van der Waals surface area contributed by atoms with Gasteiger partial charge in [-0.05, 0) is 32.8 Å². The van der Waals surface area contributed by atoms with Crippen LogP contribution in [0, 0.1) is 6.92 Å². The summed E-state index contributed by atoms with van der Waals surface area (Å²) in [5, 5.41) is 3.06. The number of amides is 1. The van der Waals surface area contributed by atoms with Crippen LogP contribution in [0.5, 0.6) is 5.75 Å². The Balaban J connectivity index is 2.12. The van der Waals surface area contributed by atoms with Gasteiger partial charge in [-0.15, -0.1) is 0 Å². The maximum atomic E-state index is 12.5. The van der Waals surface area contributed by atoms with E-state index in [0.29, 0.717) is 0 Å². The van der Waals surface area contributed by atoms with Crippen LogP contribution in [0.15, 0.2) is 18.2 Å². The Morgan fingerprint density at radius 3 is 2.62 bits per heavy atom. The van der Waals surface area contributed by atoms with E-state index in [1.165, 1.54) is 6.42 Å². The van der Waals surface area contributed by atoms with E-state index in [-0.39, 0.29) is 11.9 Å². The van der Waals surface area contributed by atoms with Gasteiger partial charge < -0.3 is 15.8 Å². The number of ether oxygens (including phenoxy) is 1. The molecule has 0 saturated heterocycles. The van der Waals surface area contributed by atoms with Crippen molar-refractivity contribution in [3.05, 3.63) is 29.3 Å². The van der Waals surface area contributed by atoms with Gasteiger partial charge in [-0.25, -0.2) is 0 Å². The minimum Gasteiger partial charge on any atom is -0.496 e. The summed E-state index contributed by atoms with van der Waals surface area (Å²) in [6, 6.07) is 5.87. The Kier molecular flexibility index (Phi) is 4.88. The molecule has 3 N–H and O–H groups in total. The Morgan fingerprint density at radius 1 is 1.33 bits per heavy atom. The molecular formula is C17H26N2O2. The van der Waals surface area contributed by atoms with E-state index in [4.69, 9.17) is 10.5 Å². The summed E-state index contributed by atoms with van der Waals surface area (Å²) in [5.74, 6) is 0.751. The predicted octanol–water partition coefficient (Wildman–Crippen LogP) is 2.84. The number of benzene rings is 1. The molecule has 2 rings (SSSR count). The fraction of sp³-hybridized carbons (Fsp3) is 0.588. The molecule has 0 bridgehead atoms. The van der Waals surface area contributed by atoms with Crippen LogP contribution in [0.2, 0.25) is 0 Å². The first kappa shape index (κ1) is 15.8. The highest BCUT2D eigenvalue weighted by atomic mass is 16.5. The number of nitrogens with two attached hydrogens (primary N) is 1. The van der Waals surface area contributed by atoms with E-state index in [0.717, 1.165) is 42.6 Å². The topological polar surface area (TPSA) is 64.3 Å². The van der Waals surface area contributed by atoms with Gasteiger partial charge in [-0.3, -0.25) is 4.79 Å². The summed E-state index contributed by atoms with van der Waals surface area (Å²) in [4.78, 5) is 12.5. The van der Waals surface area contributed by atoms with Crippen LogP contribution < -0.4 is 15.8 Å². The van der Waals surface area contributed by atoms with E-state index < -0.39 is 5.54 Å². The zero-order valence-electron chi connectivity index (χ0n) is 13.2. The van der Waals surface area contributed by atoms with E-state index in [2.05, 4.69) is 5.32 Å². The molecule has 4 nitrogen and oxygen atoms in total. The maximum absolute atomic E-state index is 12.5. The third-order valence-electron chi connectivity index (χ3n) is 4.40. The molecule has 1 aromatic carbocycles. The second kappa shape index (κ2) is 6.48. The third-order valence-corrected chi connectivity index (χ3v) is 4.40. The van der Waals surface area contributed by atoms with Gasteiger partial charge in [0.15, 0.2) is 0 Å². The van der Waals surface area contributed by atoms with Gasteiger partial charge in [0, 0.05) is 5.56 Å². The van der Waals surface area contributed by atoms with Crippen molar-refractivity contribution in [1.29, 1.82) is 0 Å². The summed E-state index contributed by atoms with van der Waals surface area (Å²) in [7, 11) is 1.65. The lowest BCUT2D eigenvalue weighted by Crippen LogP contribution is -2.55. The number of hydrogen-bond donors (Lipinski definition) is 2. The van der Waals surface area contributed by atoms with Gasteiger partial charge in [0.2, 0.25) is 5.91 Å². The van der Waals surface area contributed by atoms with Gasteiger partial charge in [0.05, 0.1) is 18.7 Å². The quantitative estimate of drug-likeness (QED) is 0.896. The van der Waals surface area contributed by atoms with Crippen LogP contribution in [0.1, 0.15) is 56.2 Å². The van der Waals surface area contributed by atoms with E-state index in [1.54, 1.807) is 7.11 Å². The number of hydrogen-bond acceptors (Lipinski definition) is 3. The first-order valence-electron chi connectivity index (χ1n) is 7.71. The minimum atomic E-state index is -0.705. The largest absolute Gasteiger partial charge is 0.496 e. The third kappa shape index (κ3) is 3.56. The molecule has 4 heteroatoms. The van der Waals surface area contributed by atoms with Crippen LogP contribution in [0.3, 0.4) is 0 Å². The molecule has 0 spiro atoms. The number of rotatable bonds is 4. The second-order valence-corrected chi connectivity index (χ2v) is 6.16. The molecular weight excluding hydrogens is 264 g/mol. The minimum absolute atomic E-state index is 0.0433. The smallest absolute Gasteiger partial charge is 0.240 e. The molecule has 0 heterocycles. The summed E-state index contributed by atoms with van der Waals surface area (Å²) in [6.07, 6.45) is 4.79. The normalized spacial score (nSPS) is 18.9. The first-order valence-corrected chi connectivity index (χ1v) is 7.71. The number of aryl methyl sites for hydroxylation is 1. The fourth-order valence-corrected chi connectivity index (χ4v) is 3.02. The Bertz CT molecular complexity index is 508. The SMILES string of the molecule is COc1ccc(C)cc1C(C)NC(=O)C1(N)CCCCC1. The number of methoxy groups -OCH3 is 1. The number of carbonyl (C=O) groups is 1. The van der Waals surface area contributed by atoms with Crippen LogP contribution in [-0.4, -0.2) is 18.6 Å². The van der Waals surface area contributed by atoms with Crippen molar-refractivity contribution in [2.45, 2.75) is 57.5 Å². The molecule has 1 aliphatic rings. The standard InChI is InChI=1S/C17H26N2O2/c1-12-7-8-15(21-3)14(11-12)13(2)19-16(20)17(18)9-5-4-6-10-17/h7-8,11,13H,4-6,9-10,18H2,1-3H3,(H,19,20). The second-order valence-electron chi connectivity index (χ2n) is 6.16. The summed E-state index contributed by atoms with van der Waals surface area (Å²) in [5.41, 5.74) is 7.72. The zero-order chi connectivity index (χ0) is 15.5. The van der Waals surface area contributed by atoms with E-state index >= 15 is 0 Å². The molecule has 1 amide bonds. The van der Waals surface area contributed by atoms with Crippen molar-refractivity contribution in [2.24, 2.45) is 5.73 Å². The average molecular weight is 290 g/mol. The molecule has 1 atom stereocenters. The molecule has 116 valence electrons. The molecule has 0 aromatic heterocycles. The number of carbonyl (C=O) groups excluding carboxylic acids is 1. The van der Waals surface area contributed by atoms with E-state index in [1.807, 2.05) is 32.0 Å². The lowest BCUT2D eigenvalue weighted by molar-refractivity contribution is -0.128. The van der Waals surface area contributed by atoms with Gasteiger partial charge >= 0.3 is 0 Å². The lowest BCUT2D eigenvalue weighted by atomic mass is 9.81. The summed E-state index contributed by atoms with van der Waals surface area (Å²) >= 11 is 0. The van der Waals surface area contributed by atoms with Crippen LogP contribution in [0.25, 0.3) is 0 Å². The molecule has 0 aliphatic heterocycles. The highest BCUT2D eigenvalue weighted by Gasteiger charge is 2.36. The fourth-order valence-electron chi connectivity index (χ4n) is 3.02. The van der Waals surface area contributed by atoms with Crippen molar-refractivity contribution in [2.75, 3.05) is 7.11 Å². The van der Waals surface area contributed by atoms with Crippen molar-refractivity contribution in [3.8, 4) is 5.75 Å². The van der Waals surface area contributed by atoms with Crippen molar-refractivity contribution < 1.29 is 9.53 Å². The zero-order valence-corrected chi connectivity index (χ0v) is 13.2.